The van der Waals surface area contributed by atoms with E-state index in [-0.39, 0.29) is 34.8 Å². The smallest absolute Gasteiger partial charge is 0.263 e. The fourth-order valence-electron chi connectivity index (χ4n) is 8.85. The van der Waals surface area contributed by atoms with E-state index in [1.54, 1.807) is 35.9 Å². The van der Waals surface area contributed by atoms with E-state index in [0.717, 1.165) is 99.3 Å². The number of fused-ring (bicyclic) bond motifs is 1. The molecular formula is C48H62N10O4S. The van der Waals surface area contributed by atoms with Crippen molar-refractivity contribution in [1.29, 1.82) is 0 Å². The molecule has 0 atom stereocenters. The van der Waals surface area contributed by atoms with Crippen molar-refractivity contribution in [2.24, 2.45) is 0 Å². The summed E-state index contributed by atoms with van der Waals surface area (Å²) in [5, 5.41) is 10.3. The molecule has 2 fully saturated rings. The van der Waals surface area contributed by atoms with Crippen LogP contribution in [0.15, 0.2) is 53.6 Å². The van der Waals surface area contributed by atoms with Gasteiger partial charge in [0.15, 0.2) is 10.9 Å². The normalized spacial score (nSPS) is 14.6. The number of Topliss-reactive ketones (excluding diaryl/α,β-unsaturated/α-hetero) is 1. The van der Waals surface area contributed by atoms with Crippen molar-refractivity contribution in [3.8, 4) is 0 Å². The highest BCUT2D eigenvalue weighted by atomic mass is 32.1. The molecule has 4 aromatic heterocycles. The molecule has 2 amide bonds. The van der Waals surface area contributed by atoms with Gasteiger partial charge in [0.25, 0.3) is 11.5 Å². The number of benzene rings is 1. The molecule has 2 aliphatic rings. The van der Waals surface area contributed by atoms with E-state index in [4.69, 9.17) is 4.98 Å². The Bertz CT molecular complexity index is 2410. The van der Waals surface area contributed by atoms with Gasteiger partial charge < -0.3 is 15.5 Å². The highest BCUT2D eigenvalue weighted by molar-refractivity contribution is 7.15. The molecule has 0 unspecified atom stereocenters. The summed E-state index contributed by atoms with van der Waals surface area (Å²) in [7, 11) is 0. The summed E-state index contributed by atoms with van der Waals surface area (Å²) < 4.78 is 1.73. The third kappa shape index (κ3) is 11.7. The van der Waals surface area contributed by atoms with Gasteiger partial charge in [0.1, 0.15) is 11.5 Å². The van der Waals surface area contributed by atoms with Crippen LogP contribution in [0.4, 0.5) is 28.3 Å². The van der Waals surface area contributed by atoms with Gasteiger partial charge in [-0.3, -0.25) is 34.0 Å². The van der Waals surface area contributed by atoms with E-state index in [0.29, 0.717) is 45.8 Å². The molecule has 1 aliphatic heterocycles. The van der Waals surface area contributed by atoms with E-state index < -0.39 is 0 Å². The number of hydrogen-bond donors (Lipinski definition) is 3. The van der Waals surface area contributed by atoms with Gasteiger partial charge in [-0.05, 0) is 89.8 Å². The number of ketones is 1. The molecule has 1 aromatic carbocycles. The number of thiazole rings is 1. The summed E-state index contributed by atoms with van der Waals surface area (Å²) in [6, 6.07) is 11.2. The minimum absolute atomic E-state index is 0.0261. The number of amides is 2. The molecule has 5 heterocycles. The molecule has 5 aromatic rings. The lowest BCUT2D eigenvalue weighted by Gasteiger charge is -2.36. The summed E-state index contributed by atoms with van der Waals surface area (Å²) in [6.45, 7) is 12.3. The minimum atomic E-state index is -0.280. The van der Waals surface area contributed by atoms with Crippen LogP contribution in [0.1, 0.15) is 140 Å². The van der Waals surface area contributed by atoms with Crippen molar-refractivity contribution in [3.05, 3.63) is 86.4 Å². The fourth-order valence-corrected chi connectivity index (χ4v) is 9.66. The zero-order valence-electron chi connectivity index (χ0n) is 37.3. The van der Waals surface area contributed by atoms with E-state index in [1.165, 1.54) is 56.8 Å². The molecule has 0 bridgehead atoms. The summed E-state index contributed by atoms with van der Waals surface area (Å²) in [5.74, 6) is 0.421. The van der Waals surface area contributed by atoms with Gasteiger partial charge >= 0.3 is 0 Å². The van der Waals surface area contributed by atoms with Crippen molar-refractivity contribution < 1.29 is 14.4 Å². The first kappa shape index (κ1) is 45.5. The fraction of sp³-hybridized carbons (Fsp3) is 0.500. The number of aryl methyl sites for hydroxylation is 3. The van der Waals surface area contributed by atoms with Gasteiger partial charge in [-0.15, -0.1) is 11.3 Å². The van der Waals surface area contributed by atoms with Crippen molar-refractivity contribution >= 4 is 68.2 Å². The van der Waals surface area contributed by atoms with Gasteiger partial charge in [-0.1, -0.05) is 69.9 Å². The van der Waals surface area contributed by atoms with Crippen LogP contribution in [0.25, 0.3) is 11.0 Å². The number of nitrogens with zero attached hydrogens (tertiary/aromatic N) is 7. The Hall–Kier alpha value is -5.54. The lowest BCUT2D eigenvalue weighted by Crippen LogP contribution is -2.46. The largest absolute Gasteiger partial charge is 0.368 e. The second-order valence-corrected chi connectivity index (χ2v) is 18.3. The van der Waals surface area contributed by atoms with Crippen LogP contribution >= 0.6 is 11.3 Å². The lowest BCUT2D eigenvalue weighted by molar-refractivity contribution is -0.116. The monoisotopic (exact) mass is 874 g/mol. The Kier molecular flexibility index (Phi) is 15.7. The number of rotatable bonds is 20. The molecule has 1 saturated carbocycles. The first-order valence-corrected chi connectivity index (χ1v) is 23.6. The number of pyridine rings is 2. The number of hydrogen-bond acceptors (Lipinski definition) is 12. The summed E-state index contributed by atoms with van der Waals surface area (Å²) >= 11 is 1.44. The third-order valence-electron chi connectivity index (χ3n) is 12.5. The van der Waals surface area contributed by atoms with Gasteiger partial charge in [-0.25, -0.2) is 15.0 Å². The lowest BCUT2D eigenvalue weighted by atomic mass is 10.0. The molecule has 63 heavy (non-hydrogen) atoms. The number of anilines is 5. The number of piperazine rings is 1. The van der Waals surface area contributed by atoms with E-state index >= 15 is 0 Å². The second kappa shape index (κ2) is 21.7. The van der Waals surface area contributed by atoms with Crippen molar-refractivity contribution in [1.82, 2.24) is 29.4 Å². The molecule has 3 N–H and O–H groups in total. The first-order valence-electron chi connectivity index (χ1n) is 22.8. The zero-order valence-corrected chi connectivity index (χ0v) is 38.1. The highest BCUT2D eigenvalue weighted by Crippen LogP contribution is 2.32. The van der Waals surface area contributed by atoms with Gasteiger partial charge in [0, 0.05) is 55.1 Å². The second-order valence-electron chi connectivity index (χ2n) is 17.1. The molecule has 334 valence electrons. The molecule has 0 radical (unpaired) electrons. The topological polar surface area (TPSA) is 167 Å². The highest BCUT2D eigenvalue weighted by Gasteiger charge is 2.26. The Balaban J connectivity index is 0.749. The van der Waals surface area contributed by atoms with E-state index in [9.17, 15) is 19.2 Å². The predicted octanol–water partition coefficient (Wildman–Crippen LogP) is 9.54. The molecule has 1 aliphatic carbocycles. The van der Waals surface area contributed by atoms with Crippen LogP contribution < -0.4 is 26.4 Å². The number of para-hydroxylation sites is 1. The maximum absolute atomic E-state index is 13.6. The van der Waals surface area contributed by atoms with Crippen LogP contribution in [-0.4, -0.2) is 79.7 Å². The molecular weight excluding hydrogens is 813 g/mol. The Morgan fingerprint density at radius 2 is 1.49 bits per heavy atom. The van der Waals surface area contributed by atoms with Gasteiger partial charge in [0.2, 0.25) is 11.9 Å². The Morgan fingerprint density at radius 3 is 2.16 bits per heavy atom. The van der Waals surface area contributed by atoms with E-state index in [2.05, 4.69) is 46.8 Å². The average molecular weight is 875 g/mol. The van der Waals surface area contributed by atoms with Crippen LogP contribution in [0, 0.1) is 20.8 Å². The van der Waals surface area contributed by atoms with Gasteiger partial charge in [0.05, 0.1) is 34.4 Å². The van der Waals surface area contributed by atoms with Crippen LogP contribution in [0.3, 0.4) is 0 Å². The SMILES string of the molecule is CC(=O)c1c(C)c2cnc(Nc3ccc(N4CCN(CCCCCCCCCCCC(=O)Nc5ccccc5C(=O)Nc5nc(C)c(C)s5)CC4)cn3)nc2n(C2CCCC2)c1=O. The van der Waals surface area contributed by atoms with Crippen LogP contribution in [0.5, 0.6) is 0 Å². The Morgan fingerprint density at radius 1 is 0.794 bits per heavy atom. The standard InChI is InChI=1S/C48H62N10O4S/c1-32-39-31-50-47(54-44(39)58(36-18-13-14-19-36)46(62)43(32)34(3)59)53-41-24-23-37(30-49-41)57-28-26-56(27-29-57)25-17-11-9-7-5-6-8-10-12-22-42(60)52-40-21-16-15-20-38(40)45(61)55-48-51-33(2)35(4)63-48/h15-16,20-21,23-24,30-31,36H,5-14,17-19,22,25-29H2,1-4H3,(H,52,60)(H,51,55,61)(H,49,50,53,54). The molecule has 15 heteroatoms. The maximum Gasteiger partial charge on any atom is 0.263 e. The predicted molar refractivity (Wildman–Crippen MR) is 253 cm³/mol. The minimum Gasteiger partial charge on any atom is -0.368 e. The summed E-state index contributed by atoms with van der Waals surface area (Å²) in [6.07, 6.45) is 18.3. The average Bonchev–Trinajstić information content (AvgIpc) is 3.92. The van der Waals surface area contributed by atoms with Crippen LogP contribution in [0.2, 0.25) is 0 Å². The Labute approximate surface area is 374 Å². The summed E-state index contributed by atoms with van der Waals surface area (Å²) in [4.78, 5) is 76.1. The van der Waals surface area contributed by atoms with Crippen molar-refractivity contribution in [2.45, 2.75) is 124 Å². The van der Waals surface area contributed by atoms with E-state index in [1.807, 2.05) is 32.2 Å². The number of carbonyl (C=O) groups excluding carboxylic acids is 3. The molecule has 14 nitrogen and oxygen atoms in total. The van der Waals surface area contributed by atoms with Crippen molar-refractivity contribution in [3.63, 3.8) is 0 Å². The number of aromatic nitrogens is 5. The maximum atomic E-state index is 13.6. The van der Waals surface area contributed by atoms with Crippen molar-refractivity contribution in [2.75, 3.05) is 53.6 Å². The van der Waals surface area contributed by atoms with Crippen LogP contribution in [-0.2, 0) is 4.79 Å². The molecule has 1 saturated heterocycles. The summed E-state index contributed by atoms with van der Waals surface area (Å²) in [5.41, 5.74) is 4.10. The van der Waals surface area contributed by atoms with Gasteiger partial charge in [-0.2, -0.15) is 4.98 Å². The third-order valence-corrected chi connectivity index (χ3v) is 13.5. The first-order chi connectivity index (χ1) is 30.5. The number of nitrogens with one attached hydrogen (secondary N) is 3. The molecule has 7 rings (SSSR count). The number of carbonyl (C=O) groups is 3. The zero-order chi connectivity index (χ0) is 44.3. The quantitative estimate of drug-likeness (QED) is 0.0503. The number of unbranched alkanes of at least 4 members (excludes halogenated alkanes) is 8. The molecule has 0 spiro atoms.